The Morgan fingerprint density at radius 2 is 1.97 bits per heavy atom. The average molecular weight is 514 g/mol. The summed E-state index contributed by atoms with van der Waals surface area (Å²) in [7, 11) is 0. The van der Waals surface area contributed by atoms with E-state index in [0.29, 0.717) is 12.3 Å². The maximum Gasteiger partial charge on any atom is 0.234 e. The first kappa shape index (κ1) is 23.2. The van der Waals surface area contributed by atoms with Crippen LogP contribution in [0.3, 0.4) is 0 Å². The maximum absolute atomic E-state index is 12.4. The van der Waals surface area contributed by atoms with Gasteiger partial charge in [0.25, 0.3) is 0 Å². The Balaban J connectivity index is 1.11. The lowest BCUT2D eigenvalue weighted by Crippen LogP contribution is -2.32. The number of rotatable bonds is 9. The Hall–Kier alpha value is -2.60. The molecule has 2 aromatic carbocycles. The van der Waals surface area contributed by atoms with E-state index in [2.05, 4.69) is 25.6 Å². The van der Waals surface area contributed by atoms with Crippen LogP contribution in [-0.4, -0.2) is 57.5 Å². The molecule has 2 aromatic heterocycles. The van der Waals surface area contributed by atoms with Crippen molar-refractivity contribution in [1.82, 2.24) is 20.3 Å². The van der Waals surface area contributed by atoms with Crippen LogP contribution in [0.15, 0.2) is 52.0 Å². The number of carbonyl (C=O) groups is 2. The number of imidazole rings is 1. The minimum atomic E-state index is -0.105. The van der Waals surface area contributed by atoms with E-state index in [-0.39, 0.29) is 23.7 Å². The summed E-state index contributed by atoms with van der Waals surface area (Å²) in [5.41, 5.74) is 3.41. The van der Waals surface area contributed by atoms with Crippen LogP contribution < -0.4 is 10.6 Å². The second-order valence-electron chi connectivity index (χ2n) is 7.79. The maximum atomic E-state index is 12.4. The molecule has 11 heteroatoms. The third-order valence-corrected chi connectivity index (χ3v) is 8.27. The molecule has 0 saturated carbocycles. The zero-order chi connectivity index (χ0) is 23.3. The molecule has 0 aliphatic carbocycles. The largest absolute Gasteiger partial charge is 0.376 e. The van der Waals surface area contributed by atoms with E-state index < -0.39 is 0 Å². The zero-order valence-corrected chi connectivity index (χ0v) is 20.7. The number of aromatic nitrogens is 3. The molecule has 5 rings (SSSR count). The Bertz CT molecular complexity index is 1280. The van der Waals surface area contributed by atoms with Crippen LogP contribution >= 0.6 is 34.9 Å². The van der Waals surface area contributed by atoms with Crippen molar-refractivity contribution < 1.29 is 14.3 Å². The minimum absolute atomic E-state index is 0.0188. The van der Waals surface area contributed by atoms with E-state index in [1.54, 1.807) is 0 Å². The number of nitrogens with zero attached hydrogens (tertiary/aromatic N) is 2. The second kappa shape index (κ2) is 10.8. The number of ether oxygens (including phenoxy) is 1. The lowest BCUT2D eigenvalue weighted by Gasteiger charge is -2.09. The van der Waals surface area contributed by atoms with Crippen LogP contribution in [0, 0.1) is 0 Å². The van der Waals surface area contributed by atoms with Gasteiger partial charge >= 0.3 is 0 Å². The summed E-state index contributed by atoms with van der Waals surface area (Å²) < 4.78 is 7.32. The predicted molar refractivity (Wildman–Crippen MR) is 138 cm³/mol. The van der Waals surface area contributed by atoms with Crippen LogP contribution in [0.25, 0.3) is 21.3 Å². The summed E-state index contributed by atoms with van der Waals surface area (Å²) in [6.07, 6.45) is 2.20. The van der Waals surface area contributed by atoms with Gasteiger partial charge in [0.2, 0.25) is 11.8 Å². The third kappa shape index (κ3) is 5.90. The summed E-state index contributed by atoms with van der Waals surface area (Å²) in [5, 5.41) is 6.58. The fourth-order valence-electron chi connectivity index (χ4n) is 3.58. The quantitative estimate of drug-likeness (QED) is 0.287. The Labute approximate surface area is 208 Å². The number of carbonyl (C=O) groups excluding carboxylic acids is 2. The molecular weight excluding hydrogens is 490 g/mol. The molecular formula is C23H23N5O3S3. The number of amides is 2. The molecule has 1 fully saturated rings. The number of hydrogen-bond donors (Lipinski definition) is 3. The fraction of sp³-hybridized carbons (Fsp3) is 0.304. The number of fused-ring (bicyclic) bond motifs is 2. The van der Waals surface area contributed by atoms with Crippen LogP contribution in [0.2, 0.25) is 0 Å². The van der Waals surface area contributed by atoms with Crippen LogP contribution in [-0.2, 0) is 14.3 Å². The molecule has 1 aliphatic rings. The average Bonchev–Trinajstić information content (AvgIpc) is 3.59. The van der Waals surface area contributed by atoms with Gasteiger partial charge in [-0.05, 0) is 43.2 Å². The molecule has 8 nitrogen and oxygen atoms in total. The van der Waals surface area contributed by atoms with Gasteiger partial charge in [0.15, 0.2) is 9.50 Å². The number of para-hydroxylation sites is 2. The number of thiazole rings is 1. The molecule has 2 amide bonds. The molecule has 1 atom stereocenters. The predicted octanol–water partition coefficient (Wildman–Crippen LogP) is 4.29. The highest BCUT2D eigenvalue weighted by Gasteiger charge is 2.16. The van der Waals surface area contributed by atoms with Crippen molar-refractivity contribution >= 4 is 73.6 Å². The van der Waals surface area contributed by atoms with Gasteiger partial charge in [0.1, 0.15) is 0 Å². The Morgan fingerprint density at radius 1 is 1.09 bits per heavy atom. The normalized spacial score (nSPS) is 15.7. The van der Waals surface area contributed by atoms with Gasteiger partial charge in [0, 0.05) is 18.8 Å². The summed E-state index contributed by atoms with van der Waals surface area (Å²) in [6.45, 7) is 1.35. The number of benzene rings is 2. The highest BCUT2D eigenvalue weighted by molar-refractivity contribution is 8.01. The Kier molecular flexibility index (Phi) is 7.33. The fourth-order valence-corrected chi connectivity index (χ4v) is 6.21. The smallest absolute Gasteiger partial charge is 0.234 e. The first-order chi connectivity index (χ1) is 16.6. The zero-order valence-electron chi connectivity index (χ0n) is 18.2. The molecule has 0 unspecified atom stereocenters. The second-order valence-corrected chi connectivity index (χ2v) is 11.0. The number of hydrogen-bond acceptors (Lipinski definition) is 8. The lowest BCUT2D eigenvalue weighted by atomic mass is 10.2. The SMILES string of the molecule is O=C(CSc1nc2ccc(NC(=O)CSc3nc4ccccc4[nH]3)cc2s1)NC[C@H]1CCCO1. The van der Waals surface area contributed by atoms with Crippen LogP contribution in [0.5, 0.6) is 0 Å². The summed E-state index contributed by atoms with van der Waals surface area (Å²) >= 11 is 4.29. The molecule has 0 radical (unpaired) electrons. The summed E-state index contributed by atoms with van der Waals surface area (Å²) in [4.78, 5) is 36.8. The molecule has 1 saturated heterocycles. The highest BCUT2D eigenvalue weighted by atomic mass is 32.2. The molecule has 176 valence electrons. The standard InChI is InChI=1S/C23H23N5O3S3/c29-20(24-11-15-4-3-9-31-15)12-33-23-28-18-8-7-14(10-19(18)34-23)25-21(30)13-32-22-26-16-5-1-2-6-17(16)27-22/h1-2,5-8,10,15H,3-4,9,11-13H2,(H,24,29)(H,25,30)(H,26,27)/t15-/m1/s1. The molecule has 3 N–H and O–H groups in total. The van der Waals surface area contributed by atoms with Crippen molar-refractivity contribution in [3.05, 3.63) is 42.5 Å². The van der Waals surface area contributed by atoms with Gasteiger partial charge in [-0.1, -0.05) is 35.7 Å². The van der Waals surface area contributed by atoms with E-state index in [0.717, 1.165) is 55.9 Å². The van der Waals surface area contributed by atoms with Crippen molar-refractivity contribution in [2.45, 2.75) is 28.4 Å². The van der Waals surface area contributed by atoms with Gasteiger partial charge in [-0.2, -0.15) is 0 Å². The molecule has 3 heterocycles. The minimum Gasteiger partial charge on any atom is -0.376 e. The van der Waals surface area contributed by atoms with Gasteiger partial charge in [0.05, 0.1) is 38.9 Å². The van der Waals surface area contributed by atoms with E-state index in [1.807, 2.05) is 42.5 Å². The van der Waals surface area contributed by atoms with E-state index in [9.17, 15) is 9.59 Å². The molecule has 0 spiro atoms. The van der Waals surface area contributed by atoms with Crippen molar-refractivity contribution in [3.63, 3.8) is 0 Å². The Morgan fingerprint density at radius 3 is 2.82 bits per heavy atom. The first-order valence-corrected chi connectivity index (χ1v) is 13.7. The summed E-state index contributed by atoms with van der Waals surface area (Å²) in [5.74, 6) is 0.444. The first-order valence-electron chi connectivity index (χ1n) is 10.9. The van der Waals surface area contributed by atoms with Crippen molar-refractivity contribution in [3.8, 4) is 0 Å². The lowest BCUT2D eigenvalue weighted by molar-refractivity contribution is -0.119. The monoisotopic (exact) mass is 513 g/mol. The number of aromatic amines is 1. The number of anilines is 1. The van der Waals surface area contributed by atoms with Crippen molar-refractivity contribution in [2.24, 2.45) is 0 Å². The third-order valence-electron chi connectivity index (χ3n) is 5.24. The van der Waals surface area contributed by atoms with Crippen LogP contribution in [0.1, 0.15) is 12.8 Å². The van der Waals surface area contributed by atoms with Crippen molar-refractivity contribution in [1.29, 1.82) is 0 Å². The number of H-pyrrole nitrogens is 1. The summed E-state index contributed by atoms with van der Waals surface area (Å²) in [6, 6.07) is 13.4. The number of thioether (sulfide) groups is 2. The topological polar surface area (TPSA) is 109 Å². The van der Waals surface area contributed by atoms with E-state index in [1.165, 1.54) is 34.9 Å². The van der Waals surface area contributed by atoms with Gasteiger partial charge < -0.3 is 20.4 Å². The number of nitrogens with one attached hydrogen (secondary N) is 3. The molecule has 4 aromatic rings. The van der Waals surface area contributed by atoms with Gasteiger partial charge in [-0.3, -0.25) is 9.59 Å². The molecule has 0 bridgehead atoms. The highest BCUT2D eigenvalue weighted by Crippen LogP contribution is 2.31. The van der Waals surface area contributed by atoms with E-state index >= 15 is 0 Å². The van der Waals surface area contributed by atoms with Gasteiger partial charge in [-0.25, -0.2) is 9.97 Å². The molecule has 34 heavy (non-hydrogen) atoms. The van der Waals surface area contributed by atoms with Gasteiger partial charge in [-0.15, -0.1) is 11.3 Å². The molecule has 1 aliphatic heterocycles. The van der Waals surface area contributed by atoms with Crippen molar-refractivity contribution in [2.75, 3.05) is 30.0 Å². The van der Waals surface area contributed by atoms with Crippen LogP contribution in [0.4, 0.5) is 5.69 Å². The van der Waals surface area contributed by atoms with E-state index in [4.69, 9.17) is 4.74 Å².